The highest BCUT2D eigenvalue weighted by atomic mass is 16.3. The third-order valence-electron chi connectivity index (χ3n) is 8.74. The molecule has 0 saturated heterocycles. The largest absolute Gasteiger partial charge is 0.504 e. The number of phenols is 4. The van der Waals surface area contributed by atoms with Crippen LogP contribution in [0.25, 0.3) is 44.3 Å². The van der Waals surface area contributed by atoms with E-state index < -0.39 is 5.41 Å². The second-order valence-electron chi connectivity index (χ2n) is 10.6. The number of phenolic OH excluding ortho intramolecular Hbond substituents is 4. The molecule has 0 radical (unpaired) electrons. The SMILES string of the molecule is C#CCn1c2c(c3ccccc31)C1(c3cc(O)c(O)cc3-2)c2cc(O)c(O)cc2-c2c1c1ccccc1n2CC#C. The Morgan fingerprint density at radius 3 is 1.39 bits per heavy atom. The minimum absolute atomic E-state index is 0.244. The number of terminal acetylenes is 2. The average Bonchev–Trinajstić information content (AvgIpc) is 3.64. The minimum Gasteiger partial charge on any atom is -0.504 e. The Labute approximate surface area is 235 Å². The van der Waals surface area contributed by atoms with Gasteiger partial charge in [-0.05, 0) is 47.5 Å². The fraction of sp³-hybridized carbons (Fsp3) is 0.0857. The van der Waals surface area contributed by atoms with E-state index in [0.717, 1.165) is 66.6 Å². The molecule has 2 aliphatic carbocycles. The number of hydrogen-bond donors (Lipinski definition) is 4. The first-order chi connectivity index (χ1) is 19.9. The van der Waals surface area contributed by atoms with E-state index in [1.807, 2.05) is 48.5 Å². The van der Waals surface area contributed by atoms with Crippen molar-refractivity contribution in [1.82, 2.24) is 9.13 Å². The zero-order valence-corrected chi connectivity index (χ0v) is 21.7. The Morgan fingerprint density at radius 1 is 0.585 bits per heavy atom. The average molecular weight is 535 g/mol. The lowest BCUT2D eigenvalue weighted by Crippen LogP contribution is -2.25. The Kier molecular flexibility index (Phi) is 4.35. The molecule has 8 rings (SSSR count). The van der Waals surface area contributed by atoms with Crippen molar-refractivity contribution >= 4 is 21.8 Å². The second-order valence-corrected chi connectivity index (χ2v) is 10.6. The van der Waals surface area contributed by atoms with Gasteiger partial charge in [0.15, 0.2) is 23.0 Å². The predicted octanol–water partition coefficient (Wildman–Crippen LogP) is 6.03. The van der Waals surface area contributed by atoms with Crippen LogP contribution < -0.4 is 0 Å². The van der Waals surface area contributed by atoms with Crippen LogP contribution in [0.15, 0.2) is 72.8 Å². The number of fused-ring (bicyclic) bond motifs is 14. The molecule has 196 valence electrons. The van der Waals surface area contributed by atoms with E-state index in [0.29, 0.717) is 0 Å². The summed E-state index contributed by atoms with van der Waals surface area (Å²) >= 11 is 0. The van der Waals surface area contributed by atoms with Gasteiger partial charge < -0.3 is 29.6 Å². The van der Waals surface area contributed by atoms with Gasteiger partial charge in [0.1, 0.15) is 0 Å². The van der Waals surface area contributed by atoms with E-state index in [1.54, 1.807) is 24.3 Å². The summed E-state index contributed by atoms with van der Waals surface area (Å²) in [6.45, 7) is 0.568. The molecule has 4 aromatic carbocycles. The van der Waals surface area contributed by atoms with Crippen LogP contribution in [0.1, 0.15) is 22.3 Å². The minimum atomic E-state index is -1.04. The van der Waals surface area contributed by atoms with Crippen LogP contribution >= 0.6 is 0 Å². The maximum Gasteiger partial charge on any atom is 0.158 e. The number of nitrogens with zero attached hydrogens (tertiary/aromatic N) is 2. The summed E-state index contributed by atoms with van der Waals surface area (Å²) in [5.41, 5.74) is 7.26. The van der Waals surface area contributed by atoms with Crippen LogP contribution in [0.5, 0.6) is 23.0 Å². The molecule has 6 heteroatoms. The molecule has 0 bridgehead atoms. The first-order valence-corrected chi connectivity index (χ1v) is 13.2. The summed E-state index contributed by atoms with van der Waals surface area (Å²) in [5, 5.41) is 45.2. The fourth-order valence-electron chi connectivity index (χ4n) is 7.41. The Morgan fingerprint density at radius 2 is 0.976 bits per heavy atom. The summed E-state index contributed by atoms with van der Waals surface area (Å²) in [4.78, 5) is 0. The lowest BCUT2D eigenvalue weighted by molar-refractivity contribution is 0.402. The summed E-state index contributed by atoms with van der Waals surface area (Å²) in [6.07, 6.45) is 11.8. The van der Waals surface area contributed by atoms with Crippen molar-refractivity contribution < 1.29 is 20.4 Å². The standard InChI is InChI=1S/C35H22N2O4/c1-3-13-36-25-11-7-5-9-19(25)31-33(36)21-15-27(38)29(40)17-23(21)35(31)24-18-30(41)28(39)16-22(24)34-32(35)20-10-6-8-12-26(20)37(34)14-4-2/h1-2,5-12,15-18,38-41H,13-14H2. The number of benzene rings is 4. The van der Waals surface area contributed by atoms with Crippen LogP contribution in [-0.4, -0.2) is 29.6 Å². The molecule has 41 heavy (non-hydrogen) atoms. The Bertz CT molecular complexity index is 2080. The number of aromatic nitrogens is 2. The highest BCUT2D eigenvalue weighted by Crippen LogP contribution is 2.68. The molecular formula is C35H22N2O4. The van der Waals surface area contributed by atoms with E-state index in [4.69, 9.17) is 12.8 Å². The fourth-order valence-corrected chi connectivity index (χ4v) is 7.41. The Hall–Kier alpha value is -5.72. The van der Waals surface area contributed by atoms with Gasteiger partial charge in [-0.15, -0.1) is 12.8 Å². The van der Waals surface area contributed by atoms with Crippen molar-refractivity contribution in [3.63, 3.8) is 0 Å². The van der Waals surface area contributed by atoms with Gasteiger partial charge in [0.2, 0.25) is 0 Å². The van der Waals surface area contributed by atoms with Crippen LogP contribution in [0, 0.1) is 24.7 Å². The van der Waals surface area contributed by atoms with Gasteiger partial charge in [0.05, 0.1) is 29.9 Å². The molecule has 6 aromatic rings. The first kappa shape index (κ1) is 23.2. The van der Waals surface area contributed by atoms with E-state index in [-0.39, 0.29) is 36.1 Å². The van der Waals surface area contributed by atoms with Gasteiger partial charge in [-0.25, -0.2) is 0 Å². The molecule has 0 aliphatic heterocycles. The molecule has 2 aromatic heterocycles. The number of rotatable bonds is 2. The van der Waals surface area contributed by atoms with Crippen LogP contribution in [0.2, 0.25) is 0 Å². The van der Waals surface area contributed by atoms with Crippen molar-refractivity contribution in [2.75, 3.05) is 0 Å². The first-order valence-electron chi connectivity index (χ1n) is 13.2. The lowest BCUT2D eigenvalue weighted by Gasteiger charge is -2.30. The molecule has 0 unspecified atom stereocenters. The van der Waals surface area contributed by atoms with Crippen molar-refractivity contribution in [1.29, 1.82) is 0 Å². The van der Waals surface area contributed by atoms with Gasteiger partial charge in [-0.3, -0.25) is 0 Å². The molecule has 0 fully saturated rings. The normalized spacial score (nSPS) is 13.6. The third kappa shape index (κ3) is 2.55. The summed E-state index contributed by atoms with van der Waals surface area (Å²) in [5.74, 6) is 4.57. The number of hydrogen-bond acceptors (Lipinski definition) is 4. The van der Waals surface area contributed by atoms with Crippen LogP contribution in [-0.2, 0) is 18.5 Å². The Balaban J connectivity index is 1.71. The predicted molar refractivity (Wildman–Crippen MR) is 158 cm³/mol. The molecule has 1 spiro atoms. The highest BCUT2D eigenvalue weighted by molar-refractivity contribution is 6.09. The summed E-state index contributed by atoms with van der Waals surface area (Å²) in [7, 11) is 0. The molecule has 0 atom stereocenters. The van der Waals surface area contributed by atoms with Gasteiger partial charge in [-0.1, -0.05) is 48.2 Å². The smallest absolute Gasteiger partial charge is 0.158 e. The molecule has 0 amide bonds. The van der Waals surface area contributed by atoms with Crippen molar-refractivity contribution in [3.05, 3.63) is 95.1 Å². The molecule has 6 nitrogen and oxygen atoms in total. The van der Waals surface area contributed by atoms with E-state index in [9.17, 15) is 20.4 Å². The molecule has 4 N–H and O–H groups in total. The highest BCUT2D eigenvalue weighted by Gasteiger charge is 2.57. The summed E-state index contributed by atoms with van der Waals surface area (Å²) < 4.78 is 4.13. The van der Waals surface area contributed by atoms with Crippen molar-refractivity contribution in [2.45, 2.75) is 18.5 Å². The molecular weight excluding hydrogens is 512 g/mol. The maximum absolute atomic E-state index is 10.9. The monoisotopic (exact) mass is 534 g/mol. The maximum atomic E-state index is 10.9. The van der Waals surface area contributed by atoms with Gasteiger partial charge in [0, 0.05) is 44.1 Å². The van der Waals surface area contributed by atoms with Gasteiger partial charge in [0.25, 0.3) is 0 Å². The quantitative estimate of drug-likeness (QED) is 0.161. The molecule has 0 saturated carbocycles. The summed E-state index contributed by atoms with van der Waals surface area (Å²) in [6, 6.07) is 22.4. The lowest BCUT2D eigenvalue weighted by atomic mass is 9.69. The third-order valence-corrected chi connectivity index (χ3v) is 8.74. The number of para-hydroxylation sites is 2. The van der Waals surface area contributed by atoms with Crippen molar-refractivity contribution in [2.24, 2.45) is 0 Å². The molecule has 2 aliphatic rings. The van der Waals surface area contributed by atoms with Gasteiger partial charge in [-0.2, -0.15) is 0 Å². The topological polar surface area (TPSA) is 90.8 Å². The van der Waals surface area contributed by atoms with Crippen molar-refractivity contribution in [3.8, 4) is 70.2 Å². The van der Waals surface area contributed by atoms with E-state index in [2.05, 4.69) is 21.0 Å². The van der Waals surface area contributed by atoms with Gasteiger partial charge >= 0.3 is 0 Å². The molecule has 2 heterocycles. The van der Waals surface area contributed by atoms with Crippen LogP contribution in [0.3, 0.4) is 0 Å². The van der Waals surface area contributed by atoms with E-state index >= 15 is 0 Å². The number of aromatic hydroxyl groups is 4. The van der Waals surface area contributed by atoms with E-state index in [1.165, 1.54) is 0 Å². The second kappa shape index (κ2) is 7.69. The zero-order valence-electron chi connectivity index (χ0n) is 21.7. The van der Waals surface area contributed by atoms with Crippen LogP contribution in [0.4, 0.5) is 0 Å². The zero-order chi connectivity index (χ0) is 28.2.